The molecule has 54 heavy (non-hydrogen) atoms. The third-order valence-corrected chi connectivity index (χ3v) is 13.2. The van der Waals surface area contributed by atoms with Crippen LogP contribution in [0.4, 0.5) is 17.8 Å². The Morgan fingerprint density at radius 1 is 0.407 bits per heavy atom. The van der Waals surface area contributed by atoms with Crippen molar-refractivity contribution < 1.29 is 20.8 Å². The number of hydroxylamine groups is 8. The summed E-state index contributed by atoms with van der Waals surface area (Å²) >= 11 is 0. The van der Waals surface area contributed by atoms with Gasteiger partial charge in [-0.15, -0.1) is 41.1 Å². The fourth-order valence-corrected chi connectivity index (χ4v) is 11.6. The van der Waals surface area contributed by atoms with Crippen LogP contribution < -0.4 is 15.1 Å². The van der Waals surface area contributed by atoms with E-state index in [0.717, 1.165) is 0 Å². The zero-order valence-electron chi connectivity index (χ0n) is 36.6. The van der Waals surface area contributed by atoms with Gasteiger partial charge in [-0.1, -0.05) is 0 Å². The summed E-state index contributed by atoms with van der Waals surface area (Å²) in [6, 6.07) is -0.420. The number of hydrogen-bond donors (Lipinski definition) is 1. The van der Waals surface area contributed by atoms with Crippen LogP contribution in [0.3, 0.4) is 0 Å². The predicted molar refractivity (Wildman–Crippen MR) is 209 cm³/mol. The lowest BCUT2D eigenvalue weighted by molar-refractivity contribution is -0.294. The smallest absolute Gasteiger partial charge is 0.232 e. The number of rotatable bonds is 7. The summed E-state index contributed by atoms with van der Waals surface area (Å²) in [5, 5.41) is 63.0. The highest BCUT2D eigenvalue weighted by molar-refractivity contribution is 5.49. The fourth-order valence-electron chi connectivity index (χ4n) is 11.6. The predicted octanol–water partition coefficient (Wildman–Crippen LogP) is 6.99. The van der Waals surface area contributed by atoms with Crippen molar-refractivity contribution in [1.29, 1.82) is 0 Å². The molecule has 306 valence electrons. The Labute approximate surface area is 326 Å². The van der Waals surface area contributed by atoms with Crippen LogP contribution in [0.2, 0.25) is 0 Å². The number of piperidine rings is 4. The van der Waals surface area contributed by atoms with Gasteiger partial charge in [-0.05, 0) is 162 Å². The first-order valence-electron chi connectivity index (χ1n) is 20.2. The summed E-state index contributed by atoms with van der Waals surface area (Å²) < 4.78 is 0. The molecule has 5 rings (SSSR count). The van der Waals surface area contributed by atoms with E-state index in [2.05, 4.69) is 15.1 Å². The van der Waals surface area contributed by atoms with Gasteiger partial charge in [-0.25, -0.2) is 0 Å². The average Bonchev–Trinajstić information content (AvgIpc) is 2.99. The minimum Gasteiger partial charge on any atom is -0.357 e. The van der Waals surface area contributed by atoms with Crippen molar-refractivity contribution in [2.75, 3.05) is 22.2 Å². The summed E-state index contributed by atoms with van der Waals surface area (Å²) in [6.45, 7) is 32.2. The molecule has 4 aliphatic heterocycles. The minimum atomic E-state index is -0.657. The van der Waals surface area contributed by atoms with Gasteiger partial charge < -0.3 is 15.1 Å². The Morgan fingerprint density at radius 3 is 0.759 bits per heavy atom. The molecule has 1 aromatic rings. The summed E-state index contributed by atoms with van der Waals surface area (Å²) in [6.07, 6.45) is 4.72. The van der Waals surface area contributed by atoms with E-state index in [1.807, 2.05) is 118 Å². The molecule has 4 aliphatic rings. The molecule has 5 heterocycles. The summed E-state index contributed by atoms with van der Waals surface area (Å²) in [7, 11) is 1.81. The van der Waals surface area contributed by atoms with E-state index >= 15 is 0 Å². The molecule has 0 atom stereocenters. The Bertz CT molecular complexity index is 1270. The van der Waals surface area contributed by atoms with Gasteiger partial charge in [-0.3, -0.25) is 0 Å². The maximum Gasteiger partial charge on any atom is 0.232 e. The van der Waals surface area contributed by atoms with Gasteiger partial charge in [0.1, 0.15) is 0 Å². The molecule has 14 heteroatoms. The zero-order chi connectivity index (χ0) is 41.0. The summed E-state index contributed by atoms with van der Waals surface area (Å²) in [5.74, 6) is 1.45. The molecule has 0 unspecified atom stereocenters. The average molecular weight is 757 g/mol. The van der Waals surface area contributed by atoms with E-state index in [1.54, 1.807) is 0 Å². The summed E-state index contributed by atoms with van der Waals surface area (Å²) in [4.78, 5) is 20.3. The maximum atomic E-state index is 13.7. The topological polar surface area (TPSA) is 150 Å². The minimum absolute atomic E-state index is 0.105. The Balaban J connectivity index is 1.74. The van der Waals surface area contributed by atoms with E-state index in [0.29, 0.717) is 69.2 Å². The van der Waals surface area contributed by atoms with Crippen molar-refractivity contribution in [1.82, 2.24) is 35.2 Å². The Morgan fingerprint density at radius 2 is 0.593 bits per heavy atom. The standard InChI is InChI=1S/C40H72N10O4/c1-33(2)18-26(19-34(3,4)47(33)51)45(27-20-35(5,6)48(52)36(7,8)21-27)31-42-30(41-17)43-32(44-31)46(28-22-37(9,10)49(53)38(11,12)23-28)29-24-39(13,14)50(54)40(15,16)25-29/h26-29H,18-25H2,1-17H3,(H,41,42,43,44). The van der Waals surface area contributed by atoms with Gasteiger partial charge in [0.2, 0.25) is 17.8 Å². The first kappa shape index (κ1) is 43.2. The van der Waals surface area contributed by atoms with E-state index < -0.39 is 44.3 Å². The lowest BCUT2D eigenvalue weighted by atomic mass is 9.74. The van der Waals surface area contributed by atoms with Crippen molar-refractivity contribution in [2.24, 2.45) is 0 Å². The van der Waals surface area contributed by atoms with Crippen LogP contribution in [-0.4, -0.2) is 111 Å². The first-order chi connectivity index (χ1) is 24.3. The van der Waals surface area contributed by atoms with Crippen molar-refractivity contribution in [3.63, 3.8) is 0 Å². The molecular weight excluding hydrogens is 685 g/mol. The van der Waals surface area contributed by atoms with Gasteiger partial charge in [0.25, 0.3) is 0 Å². The molecule has 1 aromatic heterocycles. The first-order valence-corrected chi connectivity index (χ1v) is 20.2. The SMILES string of the molecule is CNc1nc(N(C2CC(C)(C)N([O])C(C)(C)C2)C2CC(C)(C)N([O])C(C)(C)C2)nc(N(C2CC(C)(C)N([O])C(C)(C)C2)C2CC(C)(C)N([O])C(C)(C)C2)n1. The molecule has 4 fully saturated rings. The number of hydrogen-bond acceptors (Lipinski definition) is 10. The van der Waals surface area contributed by atoms with E-state index in [-0.39, 0.29) is 24.2 Å². The van der Waals surface area contributed by atoms with Crippen LogP contribution in [0, 0.1) is 0 Å². The van der Waals surface area contributed by atoms with Gasteiger partial charge in [-0.2, -0.15) is 15.0 Å². The van der Waals surface area contributed by atoms with Crippen LogP contribution >= 0.6 is 0 Å². The molecule has 0 aromatic carbocycles. The maximum absolute atomic E-state index is 13.7. The number of nitrogens with one attached hydrogen (secondary N) is 1. The quantitative estimate of drug-likeness (QED) is 0.308. The fraction of sp³-hybridized carbons (Fsp3) is 0.925. The molecule has 1 N–H and O–H groups in total. The third kappa shape index (κ3) is 7.84. The highest BCUT2D eigenvalue weighted by Crippen LogP contribution is 2.48. The molecule has 0 amide bonds. The molecule has 0 bridgehead atoms. The number of aromatic nitrogens is 3. The van der Waals surface area contributed by atoms with Crippen molar-refractivity contribution >= 4 is 17.8 Å². The van der Waals surface area contributed by atoms with E-state index in [4.69, 9.17) is 15.0 Å². The van der Waals surface area contributed by atoms with Crippen molar-refractivity contribution in [2.45, 2.75) is 231 Å². The molecule has 14 nitrogen and oxygen atoms in total. The highest BCUT2D eigenvalue weighted by Gasteiger charge is 2.55. The van der Waals surface area contributed by atoms with Gasteiger partial charge in [0.05, 0.1) is 0 Å². The van der Waals surface area contributed by atoms with Crippen molar-refractivity contribution in [3.8, 4) is 0 Å². The molecular formula is C40H72N10O4. The Hall–Kier alpha value is -1.91. The van der Waals surface area contributed by atoms with Crippen molar-refractivity contribution in [3.05, 3.63) is 0 Å². The van der Waals surface area contributed by atoms with Gasteiger partial charge >= 0.3 is 0 Å². The molecule has 0 aliphatic carbocycles. The van der Waals surface area contributed by atoms with Crippen LogP contribution in [0.5, 0.6) is 0 Å². The second-order valence-corrected chi connectivity index (χ2v) is 22.2. The van der Waals surface area contributed by atoms with Crippen LogP contribution in [0.25, 0.3) is 0 Å². The lowest BCUT2D eigenvalue weighted by Crippen LogP contribution is -2.68. The lowest BCUT2D eigenvalue weighted by Gasteiger charge is -2.57. The molecule has 4 radical (unpaired) electrons. The number of anilines is 3. The second-order valence-electron chi connectivity index (χ2n) is 22.2. The largest absolute Gasteiger partial charge is 0.357 e. The molecule has 0 saturated carbocycles. The van der Waals surface area contributed by atoms with Crippen LogP contribution in [0.15, 0.2) is 0 Å². The second kappa shape index (κ2) is 13.6. The highest BCUT2D eigenvalue weighted by atomic mass is 16.5. The molecule has 4 saturated heterocycles. The number of nitrogens with zero attached hydrogens (tertiary/aromatic N) is 9. The monoisotopic (exact) mass is 757 g/mol. The summed E-state index contributed by atoms with van der Waals surface area (Å²) in [5.41, 5.74) is -5.26. The zero-order valence-corrected chi connectivity index (χ0v) is 36.6. The normalized spacial score (nSPS) is 29.2. The van der Waals surface area contributed by atoms with E-state index in [1.165, 1.54) is 20.3 Å². The van der Waals surface area contributed by atoms with Crippen LogP contribution in [-0.2, 0) is 20.8 Å². The molecule has 0 spiro atoms. The Kier molecular flexibility index (Phi) is 10.9. The third-order valence-electron chi connectivity index (χ3n) is 13.2. The van der Waals surface area contributed by atoms with E-state index in [9.17, 15) is 20.8 Å². The van der Waals surface area contributed by atoms with Gasteiger partial charge in [0, 0.05) is 75.5 Å². The van der Waals surface area contributed by atoms with Crippen LogP contribution in [0.1, 0.15) is 162 Å². The van der Waals surface area contributed by atoms with Gasteiger partial charge in [0.15, 0.2) is 0 Å².